The third-order valence-electron chi connectivity index (χ3n) is 24.5. The standard InChI is InChI=1S/C63H102O32/c1-23-34(72)37(75)39(77)51(87-23)91-44-30(70)19-84-50(41(44)79)90-43-24(2)88-52(40(78)38(43)76)93-46-35(73)29(69)18-85-54(46)95-56(82)63-12-11-57(3,4)13-26(63)25-9-10-32-58(5)14-28(68)49(59(6,20-65)47(58)27(67)15-61(32,8)60(25,7)16-33(63)71)94-53-42(80)45(36(74)31(17-64)89-53)92-55-48(81)62(83,21-66)22-86-55/h9,23-24,26-55,64-81,83H,10-22H2,1-8H3/t23-,24-,26-,27+,28-,29-,30+,31+,32+,33+,34-,35-,36+,37+,38-,39+,40+,41+,42+,43-,44-,45-,46+,47+,48-,49-,50-,51-,52-,53-,54-,55-,58+,59-,60+,61+,62+,63+/m0/s1. The highest BCUT2D eigenvalue weighted by Gasteiger charge is 2.75. The number of carbonyl (C=O) groups is 1. The lowest BCUT2D eigenvalue weighted by Crippen LogP contribution is -2.73. The van der Waals surface area contributed by atoms with Crippen molar-refractivity contribution in [3.8, 4) is 0 Å². The second-order valence-electron chi connectivity index (χ2n) is 30.9. The van der Waals surface area contributed by atoms with E-state index >= 15 is 4.79 Å². The number of esters is 1. The summed E-state index contributed by atoms with van der Waals surface area (Å²) in [6, 6.07) is 0. The van der Waals surface area contributed by atoms with E-state index in [2.05, 4.69) is 19.9 Å². The van der Waals surface area contributed by atoms with Crippen LogP contribution in [-0.2, 0) is 61.6 Å². The van der Waals surface area contributed by atoms with Gasteiger partial charge in [0.1, 0.15) is 109 Å². The molecule has 10 fully saturated rings. The predicted octanol–water partition coefficient (Wildman–Crippen LogP) is -6.53. The van der Waals surface area contributed by atoms with Crippen LogP contribution in [0.5, 0.6) is 0 Å². The van der Waals surface area contributed by atoms with Crippen LogP contribution in [-0.4, -0.2) is 326 Å². The van der Waals surface area contributed by atoms with Gasteiger partial charge in [-0.15, -0.1) is 0 Å². The number of aliphatic hydroxyl groups is 19. The first-order valence-electron chi connectivity index (χ1n) is 33.2. The number of fused-ring (bicyclic) bond motifs is 7. The van der Waals surface area contributed by atoms with E-state index in [0.717, 1.165) is 5.57 Å². The van der Waals surface area contributed by atoms with Gasteiger partial charge in [0.2, 0.25) is 6.29 Å². The summed E-state index contributed by atoms with van der Waals surface area (Å²) in [4.78, 5) is 15.6. The molecule has 0 aromatic rings. The van der Waals surface area contributed by atoms with E-state index in [1.165, 1.54) is 13.8 Å². The third kappa shape index (κ3) is 12.2. The summed E-state index contributed by atoms with van der Waals surface area (Å²) in [7, 11) is 0. The molecule has 32 nitrogen and oxygen atoms in total. The normalized spacial score (nSPS) is 56.3. The van der Waals surface area contributed by atoms with Crippen LogP contribution in [0.1, 0.15) is 100 Å². The fourth-order valence-corrected chi connectivity index (χ4v) is 19.0. The molecule has 6 heterocycles. The van der Waals surface area contributed by atoms with Crippen molar-refractivity contribution in [1.82, 2.24) is 0 Å². The van der Waals surface area contributed by atoms with Gasteiger partial charge in [-0.2, -0.15) is 0 Å². The predicted molar refractivity (Wildman–Crippen MR) is 313 cm³/mol. The molecule has 6 aliphatic heterocycles. The Morgan fingerprint density at radius 1 is 0.537 bits per heavy atom. The van der Waals surface area contributed by atoms with Crippen molar-refractivity contribution in [2.24, 2.45) is 50.2 Å². The van der Waals surface area contributed by atoms with Gasteiger partial charge in [-0.3, -0.25) is 4.79 Å². The van der Waals surface area contributed by atoms with Crippen LogP contribution in [0.2, 0.25) is 0 Å². The van der Waals surface area contributed by atoms with Crippen molar-refractivity contribution >= 4 is 5.97 Å². The first kappa shape index (κ1) is 74.2. The maximum Gasteiger partial charge on any atom is 0.317 e. The first-order chi connectivity index (χ1) is 44.4. The summed E-state index contributed by atoms with van der Waals surface area (Å²) in [6.45, 7) is 10.5. The zero-order chi connectivity index (χ0) is 69.5. The largest absolute Gasteiger partial charge is 0.432 e. The number of aliphatic hydroxyl groups excluding tert-OH is 18. The molecule has 4 saturated carbocycles. The number of rotatable bonds is 15. The van der Waals surface area contributed by atoms with Crippen molar-refractivity contribution in [3.63, 3.8) is 0 Å². The summed E-state index contributed by atoms with van der Waals surface area (Å²) >= 11 is 0. The molecule has 0 radical (unpaired) electrons. The fourth-order valence-electron chi connectivity index (χ4n) is 19.0. The summed E-state index contributed by atoms with van der Waals surface area (Å²) < 4.78 is 70.5. The molecule has 11 aliphatic rings. The molecule has 32 heteroatoms. The number of hydrogen-bond donors (Lipinski definition) is 19. The summed E-state index contributed by atoms with van der Waals surface area (Å²) in [6.07, 6.45) is -44.1. The topological polar surface area (TPSA) is 512 Å². The molecular weight excluding hydrogens is 1270 g/mol. The molecule has 38 atom stereocenters. The Balaban J connectivity index is 0.804. The maximum atomic E-state index is 15.6. The van der Waals surface area contributed by atoms with Gasteiger partial charge in [0.05, 0.1) is 76.3 Å². The van der Waals surface area contributed by atoms with E-state index in [0.29, 0.717) is 19.3 Å². The molecule has 0 aromatic heterocycles. The molecule has 5 aliphatic carbocycles. The second-order valence-corrected chi connectivity index (χ2v) is 30.9. The molecule has 11 rings (SSSR count). The lowest BCUT2D eigenvalue weighted by molar-refractivity contribution is -0.377. The van der Waals surface area contributed by atoms with Gasteiger partial charge < -0.3 is 154 Å². The molecular formula is C63H102O32. The summed E-state index contributed by atoms with van der Waals surface area (Å²) in [5.41, 5.74) is -7.76. The fraction of sp³-hybridized carbons (Fsp3) is 0.952. The van der Waals surface area contributed by atoms with E-state index in [9.17, 15) is 97.0 Å². The van der Waals surface area contributed by atoms with Crippen LogP contribution < -0.4 is 0 Å². The minimum absolute atomic E-state index is 0.0330. The van der Waals surface area contributed by atoms with Crippen molar-refractivity contribution in [2.45, 2.75) is 284 Å². The SMILES string of the molecule is C[C@@H]1O[C@@H](O[C@@H]2[C@@H](O)[C@H](O[C@@H]3[C@@H](O)[C@@H](O)[C@H](O[C@H]4[C@H](OC(=O)[C@]56CCC(C)(C)C[C@H]5C5=CC[C@@H]7[C@@]8(C)C[C@H](O)[C@H](O[C@@H]9O[C@H](CO)[C@@H](O)[C@H](O[C@@H]%10OC[C@](O)(CO)[C@H]%10O)[C@H]9O)[C@@](C)(CO)[C@@H]8[C@H](O)C[C@@]7(C)[C@]5(C)C[C@H]6O)OC[C@H](O)[C@@H]4O)O[C@H]3C)OC[C@H]2O)[C@H](O)[C@H](O)[C@H]1O. The highest BCUT2D eigenvalue weighted by atomic mass is 16.8. The number of hydrogen-bond acceptors (Lipinski definition) is 32. The van der Waals surface area contributed by atoms with Gasteiger partial charge in [0.25, 0.3) is 0 Å². The van der Waals surface area contributed by atoms with Crippen molar-refractivity contribution in [2.75, 3.05) is 39.6 Å². The average molecular weight is 1370 g/mol. The molecule has 0 bridgehead atoms. The van der Waals surface area contributed by atoms with Crippen molar-refractivity contribution < 1.29 is 159 Å². The molecule has 0 spiro atoms. The average Bonchev–Trinajstić information content (AvgIpc) is 1.05. The van der Waals surface area contributed by atoms with Gasteiger partial charge in [-0.25, -0.2) is 0 Å². The van der Waals surface area contributed by atoms with Gasteiger partial charge in [-0.1, -0.05) is 53.2 Å². The zero-order valence-corrected chi connectivity index (χ0v) is 54.5. The first-order valence-corrected chi connectivity index (χ1v) is 33.2. The van der Waals surface area contributed by atoms with Crippen LogP contribution in [0.3, 0.4) is 0 Å². The summed E-state index contributed by atoms with van der Waals surface area (Å²) in [5, 5.41) is 213. The Bertz CT molecular complexity index is 2720. The van der Waals surface area contributed by atoms with Gasteiger partial charge in [0, 0.05) is 11.3 Å². The van der Waals surface area contributed by atoms with Crippen molar-refractivity contribution in [1.29, 1.82) is 0 Å². The smallest absolute Gasteiger partial charge is 0.317 e. The van der Waals surface area contributed by atoms with E-state index in [1.54, 1.807) is 6.92 Å². The minimum atomic E-state index is -2.13. The van der Waals surface area contributed by atoms with Crippen molar-refractivity contribution in [3.05, 3.63) is 11.6 Å². The quantitative estimate of drug-likeness (QED) is 0.0412. The number of carbonyl (C=O) groups excluding carboxylic acids is 1. The van der Waals surface area contributed by atoms with Crippen LogP contribution >= 0.6 is 0 Å². The Morgan fingerprint density at radius 3 is 1.79 bits per heavy atom. The van der Waals surface area contributed by atoms with Gasteiger partial charge in [-0.05, 0) is 92.3 Å². The Morgan fingerprint density at radius 2 is 1.14 bits per heavy atom. The minimum Gasteiger partial charge on any atom is -0.432 e. The molecule has 0 aromatic carbocycles. The molecule has 546 valence electrons. The third-order valence-corrected chi connectivity index (χ3v) is 24.5. The molecule has 6 saturated heterocycles. The second kappa shape index (κ2) is 27.0. The van der Waals surface area contributed by atoms with Crippen LogP contribution in [0.4, 0.5) is 0 Å². The van der Waals surface area contributed by atoms with E-state index in [1.807, 2.05) is 20.8 Å². The van der Waals surface area contributed by atoms with E-state index in [-0.39, 0.29) is 31.6 Å². The molecule has 0 unspecified atom stereocenters. The van der Waals surface area contributed by atoms with E-state index in [4.69, 9.17) is 56.8 Å². The maximum absolute atomic E-state index is 15.6. The number of ether oxygens (including phenoxy) is 12. The van der Waals surface area contributed by atoms with Gasteiger partial charge >= 0.3 is 5.97 Å². The van der Waals surface area contributed by atoms with Crippen LogP contribution in [0.25, 0.3) is 0 Å². The highest BCUT2D eigenvalue weighted by Crippen LogP contribution is 2.76. The molecule has 0 amide bonds. The lowest BCUT2D eigenvalue weighted by atomic mass is 9.32. The number of allylic oxidation sites excluding steroid dienone is 2. The highest BCUT2D eigenvalue weighted by molar-refractivity contribution is 5.80. The Kier molecular flexibility index (Phi) is 21.1. The molecule has 95 heavy (non-hydrogen) atoms. The van der Waals surface area contributed by atoms with Crippen LogP contribution in [0.15, 0.2) is 11.6 Å². The Hall–Kier alpha value is -1.99. The molecule has 19 N–H and O–H groups in total. The van der Waals surface area contributed by atoms with E-state index < -0.39 is 274 Å². The summed E-state index contributed by atoms with van der Waals surface area (Å²) in [5.74, 6) is -2.84. The van der Waals surface area contributed by atoms with Gasteiger partial charge in [0.15, 0.2) is 37.6 Å². The monoisotopic (exact) mass is 1370 g/mol. The lowest BCUT2D eigenvalue weighted by Gasteiger charge is -2.73. The van der Waals surface area contributed by atoms with Crippen LogP contribution in [0, 0.1) is 50.2 Å². The zero-order valence-electron chi connectivity index (χ0n) is 54.5. The Labute approximate surface area is 548 Å².